The summed E-state index contributed by atoms with van der Waals surface area (Å²) in [5.74, 6) is 0. The lowest BCUT2D eigenvalue weighted by molar-refractivity contribution is -0.0212. The second-order valence-corrected chi connectivity index (χ2v) is 8.18. The molecule has 2 amide bonds. The Morgan fingerprint density at radius 2 is 2.20 bits per heavy atom. The molecule has 156 valence electrons. The Balaban J connectivity index is 1.28. The maximum Gasteiger partial charge on any atom is 0.321 e. The van der Waals surface area contributed by atoms with Crippen LogP contribution in [0.4, 0.5) is 9.93 Å². The normalized spacial score (nSPS) is 16.9. The molecule has 0 saturated carbocycles. The third-order valence-corrected chi connectivity index (χ3v) is 5.62. The summed E-state index contributed by atoms with van der Waals surface area (Å²) in [5, 5.41) is 8.17. The first kappa shape index (κ1) is 20.5. The number of hydrogen-bond acceptors (Lipinski definition) is 6. The minimum atomic E-state index is -0.269. The van der Waals surface area contributed by atoms with Gasteiger partial charge in [-0.2, -0.15) is 0 Å². The van der Waals surface area contributed by atoms with E-state index in [1.165, 1.54) is 16.9 Å². The van der Waals surface area contributed by atoms with Crippen LogP contribution in [-0.4, -0.2) is 46.7 Å². The Morgan fingerprint density at radius 1 is 1.30 bits per heavy atom. The predicted octanol–water partition coefficient (Wildman–Crippen LogP) is 3.75. The Hall–Kier alpha value is -2.81. The zero-order valence-corrected chi connectivity index (χ0v) is 17.7. The molecule has 1 aromatic carbocycles. The van der Waals surface area contributed by atoms with E-state index < -0.39 is 0 Å². The number of anilines is 1. The molecular weight excluding hydrogens is 398 g/mol. The number of carbonyl (C=O) groups excluding carboxylic acids is 1. The highest BCUT2D eigenvalue weighted by Gasteiger charge is 2.16. The lowest BCUT2D eigenvalue weighted by atomic mass is 10.1. The fourth-order valence-electron chi connectivity index (χ4n) is 3.43. The van der Waals surface area contributed by atoms with Gasteiger partial charge in [0.2, 0.25) is 0 Å². The van der Waals surface area contributed by atoms with Gasteiger partial charge in [0.15, 0.2) is 5.13 Å². The van der Waals surface area contributed by atoms with E-state index in [-0.39, 0.29) is 12.1 Å². The minimum absolute atomic E-state index is 0.269. The lowest BCUT2D eigenvalue weighted by Crippen LogP contribution is -2.40. The highest BCUT2D eigenvalue weighted by atomic mass is 32.1. The Morgan fingerprint density at radius 3 is 3.03 bits per heavy atom. The van der Waals surface area contributed by atoms with Crippen LogP contribution in [-0.2, 0) is 17.8 Å². The van der Waals surface area contributed by atoms with Crippen molar-refractivity contribution in [2.75, 3.05) is 25.0 Å². The first-order chi connectivity index (χ1) is 14.7. The first-order valence-electron chi connectivity index (χ1n) is 9.98. The molecule has 2 N–H and O–H groups in total. The van der Waals surface area contributed by atoms with Crippen LogP contribution in [0.25, 0.3) is 11.3 Å². The van der Waals surface area contributed by atoms with Gasteiger partial charge in [-0.1, -0.05) is 24.3 Å². The number of hydrogen-bond donors (Lipinski definition) is 2. The second kappa shape index (κ2) is 9.80. The number of thiazole rings is 1. The summed E-state index contributed by atoms with van der Waals surface area (Å²) in [4.78, 5) is 23.2. The molecule has 0 radical (unpaired) electrons. The molecule has 1 aliphatic rings. The van der Waals surface area contributed by atoms with Crippen molar-refractivity contribution in [1.29, 1.82) is 0 Å². The van der Waals surface area contributed by atoms with Crippen molar-refractivity contribution < 1.29 is 9.53 Å². The molecule has 4 rings (SSSR count). The molecule has 30 heavy (non-hydrogen) atoms. The third kappa shape index (κ3) is 5.63. The summed E-state index contributed by atoms with van der Waals surface area (Å²) >= 11 is 1.39. The number of benzene rings is 1. The third-order valence-electron chi connectivity index (χ3n) is 4.86. The summed E-state index contributed by atoms with van der Waals surface area (Å²) in [6, 6.07) is 11.9. The van der Waals surface area contributed by atoms with Gasteiger partial charge in [0, 0.05) is 49.5 Å². The summed E-state index contributed by atoms with van der Waals surface area (Å²) in [6.45, 7) is 6.13. The molecule has 8 heteroatoms. The van der Waals surface area contributed by atoms with Crippen LogP contribution in [0.3, 0.4) is 0 Å². The van der Waals surface area contributed by atoms with Gasteiger partial charge in [0.25, 0.3) is 0 Å². The number of morpholine rings is 1. The van der Waals surface area contributed by atoms with Crippen molar-refractivity contribution in [3.8, 4) is 11.3 Å². The van der Waals surface area contributed by atoms with E-state index in [0.29, 0.717) is 11.7 Å². The van der Waals surface area contributed by atoms with Crippen LogP contribution >= 0.6 is 11.3 Å². The number of urea groups is 1. The van der Waals surface area contributed by atoms with Crippen molar-refractivity contribution in [3.63, 3.8) is 0 Å². The number of rotatable bonds is 6. The first-order valence-corrected chi connectivity index (χ1v) is 10.9. The van der Waals surface area contributed by atoms with E-state index in [2.05, 4.69) is 44.6 Å². The van der Waals surface area contributed by atoms with E-state index >= 15 is 0 Å². The molecule has 0 spiro atoms. The fraction of sp³-hybridized carbons (Fsp3) is 0.318. The summed E-state index contributed by atoms with van der Waals surface area (Å²) in [6.07, 6.45) is 3.75. The van der Waals surface area contributed by atoms with Gasteiger partial charge < -0.3 is 10.1 Å². The van der Waals surface area contributed by atoms with E-state index in [1.54, 1.807) is 12.4 Å². The zero-order chi connectivity index (χ0) is 20.8. The van der Waals surface area contributed by atoms with E-state index in [9.17, 15) is 4.79 Å². The highest BCUT2D eigenvalue weighted by molar-refractivity contribution is 7.14. The molecule has 3 aromatic rings. The standard InChI is InChI=1S/C22H25N5O2S/c1-16-13-27(8-9-29-16)14-18-5-2-4-17(10-18)11-24-21(28)26-22-25-20(15-30-22)19-6-3-7-23-12-19/h2-7,10,12,15-16H,8-9,11,13-14H2,1H3,(H2,24,25,26,28). The van der Waals surface area contributed by atoms with Crippen molar-refractivity contribution in [3.05, 3.63) is 65.3 Å². The van der Waals surface area contributed by atoms with Crippen molar-refractivity contribution >= 4 is 22.5 Å². The van der Waals surface area contributed by atoms with Gasteiger partial charge in [-0.25, -0.2) is 9.78 Å². The average molecular weight is 424 g/mol. The van der Waals surface area contributed by atoms with E-state index in [1.807, 2.05) is 29.6 Å². The number of amides is 2. The highest BCUT2D eigenvalue weighted by Crippen LogP contribution is 2.24. The molecule has 1 aliphatic heterocycles. The van der Waals surface area contributed by atoms with Crippen molar-refractivity contribution in [1.82, 2.24) is 20.2 Å². The van der Waals surface area contributed by atoms with Gasteiger partial charge in [-0.05, 0) is 30.2 Å². The van der Waals surface area contributed by atoms with Crippen LogP contribution in [0.1, 0.15) is 18.1 Å². The molecule has 2 aromatic heterocycles. The molecule has 0 bridgehead atoms. The number of carbonyl (C=O) groups is 1. The molecule has 1 atom stereocenters. The Kier molecular flexibility index (Phi) is 6.68. The number of nitrogens with one attached hydrogen (secondary N) is 2. The Labute approximate surface area is 180 Å². The van der Waals surface area contributed by atoms with Crippen molar-refractivity contribution in [2.45, 2.75) is 26.1 Å². The molecular formula is C22H25N5O2S. The molecule has 1 fully saturated rings. The largest absolute Gasteiger partial charge is 0.376 e. The van der Waals surface area contributed by atoms with Crippen molar-refractivity contribution in [2.24, 2.45) is 0 Å². The van der Waals surface area contributed by atoms with Crippen LogP contribution in [0.5, 0.6) is 0 Å². The molecule has 1 unspecified atom stereocenters. The van der Waals surface area contributed by atoms with Gasteiger partial charge in [0.05, 0.1) is 18.4 Å². The topological polar surface area (TPSA) is 79.4 Å². The SMILES string of the molecule is CC1CN(Cc2cccc(CNC(=O)Nc3nc(-c4cccnc4)cs3)c2)CCO1. The average Bonchev–Trinajstić information content (AvgIpc) is 3.22. The zero-order valence-electron chi connectivity index (χ0n) is 16.9. The van der Waals surface area contributed by atoms with Crippen LogP contribution in [0, 0.1) is 0 Å². The molecule has 1 saturated heterocycles. The summed E-state index contributed by atoms with van der Waals surface area (Å²) < 4.78 is 5.61. The molecule has 3 heterocycles. The van der Waals surface area contributed by atoms with Gasteiger partial charge >= 0.3 is 6.03 Å². The maximum atomic E-state index is 12.3. The number of ether oxygens (including phenoxy) is 1. The minimum Gasteiger partial charge on any atom is -0.376 e. The Bertz CT molecular complexity index is 978. The van der Waals surface area contributed by atoms with Crippen LogP contribution in [0.15, 0.2) is 54.2 Å². The summed E-state index contributed by atoms with van der Waals surface area (Å²) in [7, 11) is 0. The second-order valence-electron chi connectivity index (χ2n) is 7.32. The fourth-order valence-corrected chi connectivity index (χ4v) is 4.15. The molecule has 0 aliphatic carbocycles. The number of nitrogens with zero attached hydrogens (tertiary/aromatic N) is 3. The van der Waals surface area contributed by atoms with Gasteiger partial charge in [-0.3, -0.25) is 15.2 Å². The maximum absolute atomic E-state index is 12.3. The number of aromatic nitrogens is 2. The van der Waals surface area contributed by atoms with E-state index in [0.717, 1.165) is 43.1 Å². The van der Waals surface area contributed by atoms with Gasteiger partial charge in [0.1, 0.15) is 0 Å². The predicted molar refractivity (Wildman–Crippen MR) is 118 cm³/mol. The van der Waals surface area contributed by atoms with E-state index in [4.69, 9.17) is 4.74 Å². The lowest BCUT2D eigenvalue weighted by Gasteiger charge is -2.31. The van der Waals surface area contributed by atoms with Gasteiger partial charge in [-0.15, -0.1) is 11.3 Å². The van der Waals surface area contributed by atoms with Crippen LogP contribution < -0.4 is 10.6 Å². The monoisotopic (exact) mass is 423 g/mol. The number of pyridine rings is 1. The molecule has 7 nitrogen and oxygen atoms in total. The van der Waals surface area contributed by atoms with Crippen LogP contribution in [0.2, 0.25) is 0 Å². The smallest absolute Gasteiger partial charge is 0.321 e. The quantitative estimate of drug-likeness (QED) is 0.631. The summed E-state index contributed by atoms with van der Waals surface area (Å²) in [5.41, 5.74) is 4.03.